The van der Waals surface area contributed by atoms with Crippen LogP contribution >= 0.6 is 11.8 Å². The van der Waals surface area contributed by atoms with Crippen LogP contribution in [0.1, 0.15) is 41.6 Å². The highest BCUT2D eigenvalue weighted by Crippen LogP contribution is 2.39. The number of hydrogen-bond acceptors (Lipinski definition) is 5. The van der Waals surface area contributed by atoms with E-state index in [0.29, 0.717) is 18.3 Å². The number of benzene rings is 1. The summed E-state index contributed by atoms with van der Waals surface area (Å²) in [5, 5.41) is 3.89. The van der Waals surface area contributed by atoms with Crippen LogP contribution in [0.25, 0.3) is 0 Å². The number of carbonyl (C=O) groups is 1. The fourth-order valence-corrected chi connectivity index (χ4v) is 4.91. The summed E-state index contributed by atoms with van der Waals surface area (Å²) in [5.41, 5.74) is 2.55. The predicted octanol–water partition coefficient (Wildman–Crippen LogP) is 3.11. The van der Waals surface area contributed by atoms with Gasteiger partial charge in [-0.15, -0.1) is 11.8 Å². The first-order valence-electron chi connectivity index (χ1n) is 8.45. The molecular weight excluding hydrogens is 322 g/mol. The number of aryl methyl sites for hydroxylation is 2. The maximum Gasteiger partial charge on any atom is 0.236 e. The van der Waals surface area contributed by atoms with Gasteiger partial charge in [0, 0.05) is 18.0 Å². The summed E-state index contributed by atoms with van der Waals surface area (Å²) in [7, 11) is 0. The summed E-state index contributed by atoms with van der Waals surface area (Å²) >= 11 is 1.71. The molecule has 0 N–H and O–H groups in total. The molecule has 2 atom stereocenters. The van der Waals surface area contributed by atoms with E-state index in [9.17, 15) is 4.79 Å². The zero-order valence-electron chi connectivity index (χ0n) is 14.0. The standard InChI is InChI=1S/C18H21N3O2S/c1-11-5-6-13-9-16(24-15(13)8-11)18(22)21-7-3-4-14(10-21)17-19-12(2)20-23-17/h5-6,8,14,16H,3-4,7,9-10H2,1-2H3/t14-,16+/m1/s1. The third-order valence-corrected chi connectivity index (χ3v) is 6.09. The van der Waals surface area contributed by atoms with Crippen LogP contribution in [0.2, 0.25) is 0 Å². The van der Waals surface area contributed by atoms with Gasteiger partial charge >= 0.3 is 0 Å². The minimum absolute atomic E-state index is 0.00460. The smallest absolute Gasteiger partial charge is 0.236 e. The second-order valence-corrected chi connectivity index (χ2v) is 7.97. The minimum Gasteiger partial charge on any atom is -0.341 e. The summed E-state index contributed by atoms with van der Waals surface area (Å²) in [6.45, 7) is 5.44. The number of thioether (sulfide) groups is 1. The molecule has 5 nitrogen and oxygen atoms in total. The van der Waals surface area contributed by atoms with Gasteiger partial charge in [-0.3, -0.25) is 4.79 Å². The second kappa shape index (κ2) is 6.24. The quantitative estimate of drug-likeness (QED) is 0.838. The fraction of sp³-hybridized carbons (Fsp3) is 0.500. The van der Waals surface area contributed by atoms with Crippen LogP contribution in [0, 0.1) is 13.8 Å². The molecule has 6 heteroatoms. The predicted molar refractivity (Wildman–Crippen MR) is 92.1 cm³/mol. The van der Waals surface area contributed by atoms with E-state index in [1.165, 1.54) is 16.0 Å². The van der Waals surface area contributed by atoms with Gasteiger partial charge in [-0.1, -0.05) is 22.9 Å². The number of fused-ring (bicyclic) bond motifs is 1. The molecule has 0 saturated carbocycles. The van der Waals surface area contributed by atoms with E-state index >= 15 is 0 Å². The fourth-order valence-electron chi connectivity index (χ4n) is 3.53. The third-order valence-electron chi connectivity index (χ3n) is 4.80. The first-order valence-corrected chi connectivity index (χ1v) is 9.33. The molecule has 0 unspecified atom stereocenters. The first kappa shape index (κ1) is 15.7. The molecule has 3 heterocycles. The Morgan fingerprint density at radius 2 is 2.25 bits per heavy atom. The van der Waals surface area contributed by atoms with Gasteiger partial charge < -0.3 is 9.42 Å². The van der Waals surface area contributed by atoms with Gasteiger partial charge in [-0.25, -0.2) is 0 Å². The van der Waals surface area contributed by atoms with E-state index in [4.69, 9.17) is 4.52 Å². The number of nitrogens with zero attached hydrogens (tertiary/aromatic N) is 3. The van der Waals surface area contributed by atoms with E-state index in [-0.39, 0.29) is 17.1 Å². The number of likely N-dealkylation sites (tertiary alicyclic amines) is 1. The van der Waals surface area contributed by atoms with Crippen LogP contribution in [-0.4, -0.2) is 39.3 Å². The van der Waals surface area contributed by atoms with Crippen molar-refractivity contribution in [3.8, 4) is 0 Å². The normalized spacial score (nSPS) is 23.3. The Kier molecular flexibility index (Phi) is 4.08. The number of amides is 1. The lowest BCUT2D eigenvalue weighted by molar-refractivity contribution is -0.131. The van der Waals surface area contributed by atoms with Gasteiger partial charge in [0.05, 0.1) is 11.2 Å². The first-order chi connectivity index (χ1) is 11.6. The van der Waals surface area contributed by atoms with Crippen LogP contribution in [0.15, 0.2) is 27.6 Å². The summed E-state index contributed by atoms with van der Waals surface area (Å²) in [6, 6.07) is 6.47. The highest BCUT2D eigenvalue weighted by molar-refractivity contribution is 8.01. The van der Waals surface area contributed by atoms with Gasteiger partial charge in [0.25, 0.3) is 0 Å². The van der Waals surface area contributed by atoms with E-state index in [1.54, 1.807) is 11.8 Å². The second-order valence-electron chi connectivity index (χ2n) is 6.73. The average molecular weight is 343 g/mol. The number of carbonyl (C=O) groups excluding carboxylic acids is 1. The van der Waals surface area contributed by atoms with Crippen molar-refractivity contribution in [2.45, 2.75) is 49.2 Å². The zero-order chi connectivity index (χ0) is 16.7. The maximum absolute atomic E-state index is 13.0. The number of aromatic nitrogens is 2. The minimum atomic E-state index is 0.00460. The Bertz CT molecular complexity index is 773. The molecule has 2 aromatic rings. The largest absolute Gasteiger partial charge is 0.341 e. The number of rotatable bonds is 2. The maximum atomic E-state index is 13.0. The average Bonchev–Trinajstić information content (AvgIpc) is 3.20. The van der Waals surface area contributed by atoms with Crippen LogP contribution in [0.4, 0.5) is 0 Å². The van der Waals surface area contributed by atoms with Crippen molar-refractivity contribution in [3.05, 3.63) is 41.0 Å². The zero-order valence-corrected chi connectivity index (χ0v) is 14.8. The molecule has 4 rings (SSSR count). The van der Waals surface area contributed by atoms with E-state index in [0.717, 1.165) is 25.8 Å². The van der Waals surface area contributed by atoms with Gasteiger partial charge in [-0.2, -0.15) is 4.98 Å². The monoisotopic (exact) mass is 343 g/mol. The summed E-state index contributed by atoms with van der Waals surface area (Å²) in [4.78, 5) is 20.6. The van der Waals surface area contributed by atoms with Crippen LogP contribution in [-0.2, 0) is 11.2 Å². The Morgan fingerprint density at radius 3 is 3.04 bits per heavy atom. The molecule has 24 heavy (non-hydrogen) atoms. The van der Waals surface area contributed by atoms with Gasteiger partial charge in [0.2, 0.25) is 11.8 Å². The number of hydrogen-bond donors (Lipinski definition) is 0. The molecular formula is C18H21N3O2S. The van der Waals surface area contributed by atoms with E-state index < -0.39 is 0 Å². The lowest BCUT2D eigenvalue weighted by Gasteiger charge is -2.32. The van der Waals surface area contributed by atoms with Crippen LogP contribution in [0.3, 0.4) is 0 Å². The Morgan fingerprint density at radius 1 is 1.38 bits per heavy atom. The van der Waals surface area contributed by atoms with E-state index in [2.05, 4.69) is 35.3 Å². The highest BCUT2D eigenvalue weighted by Gasteiger charge is 2.35. The molecule has 0 bridgehead atoms. The third kappa shape index (κ3) is 2.95. The molecule has 0 radical (unpaired) electrons. The van der Waals surface area contributed by atoms with Crippen molar-refractivity contribution >= 4 is 17.7 Å². The van der Waals surface area contributed by atoms with Crippen LogP contribution < -0.4 is 0 Å². The molecule has 2 aliphatic heterocycles. The molecule has 1 amide bonds. The van der Waals surface area contributed by atoms with Gasteiger partial charge in [0.1, 0.15) is 0 Å². The van der Waals surface area contributed by atoms with Crippen molar-refractivity contribution < 1.29 is 9.32 Å². The molecule has 1 saturated heterocycles. The van der Waals surface area contributed by atoms with Crippen LogP contribution in [0.5, 0.6) is 0 Å². The Hall–Kier alpha value is -1.82. The van der Waals surface area contributed by atoms with E-state index in [1.807, 2.05) is 11.8 Å². The highest BCUT2D eigenvalue weighted by atomic mass is 32.2. The number of piperidine rings is 1. The molecule has 1 aromatic heterocycles. The van der Waals surface area contributed by atoms with Crippen molar-refractivity contribution in [1.82, 2.24) is 15.0 Å². The topological polar surface area (TPSA) is 59.2 Å². The SMILES string of the molecule is Cc1ccc2c(c1)S[C@H](C(=O)N1CCC[C@@H](c3nc(C)no3)C1)C2. The molecule has 0 spiro atoms. The van der Waals surface area contributed by atoms with Crippen molar-refractivity contribution in [3.63, 3.8) is 0 Å². The molecule has 0 aliphatic carbocycles. The lowest BCUT2D eigenvalue weighted by Crippen LogP contribution is -2.43. The van der Waals surface area contributed by atoms with Crippen molar-refractivity contribution in [2.24, 2.45) is 0 Å². The molecule has 2 aliphatic rings. The van der Waals surface area contributed by atoms with Crippen molar-refractivity contribution in [1.29, 1.82) is 0 Å². The van der Waals surface area contributed by atoms with Gasteiger partial charge in [-0.05, 0) is 44.7 Å². The summed E-state index contributed by atoms with van der Waals surface area (Å²) in [6.07, 6.45) is 2.82. The molecule has 126 valence electrons. The lowest BCUT2D eigenvalue weighted by atomic mass is 9.97. The van der Waals surface area contributed by atoms with Gasteiger partial charge in [0.15, 0.2) is 5.82 Å². The molecule has 1 fully saturated rings. The van der Waals surface area contributed by atoms with Crippen molar-refractivity contribution in [2.75, 3.05) is 13.1 Å². The Labute approximate surface area is 145 Å². The summed E-state index contributed by atoms with van der Waals surface area (Å²) < 4.78 is 5.32. The Balaban J connectivity index is 1.45. The summed E-state index contributed by atoms with van der Waals surface area (Å²) in [5.74, 6) is 1.74. The molecule has 1 aromatic carbocycles.